The van der Waals surface area contributed by atoms with Gasteiger partial charge in [0, 0.05) is 5.56 Å². The van der Waals surface area contributed by atoms with E-state index in [1.165, 1.54) is 12.1 Å². The lowest BCUT2D eigenvalue weighted by molar-refractivity contribution is -0.283. The molecule has 0 bridgehead atoms. The summed E-state index contributed by atoms with van der Waals surface area (Å²) in [7, 11) is -2.85. The Morgan fingerprint density at radius 1 is 0.895 bits per heavy atom. The van der Waals surface area contributed by atoms with Gasteiger partial charge in [0.25, 0.3) is 8.32 Å². The second-order valence-corrected chi connectivity index (χ2v) is 16.4. The number of hydrogen-bond acceptors (Lipinski definition) is 6. The maximum atomic E-state index is 11.9. The fourth-order valence-corrected chi connectivity index (χ4v) is 10.8. The number of pyridine rings is 1. The molecule has 1 N–H and O–H groups in total. The number of hydrogen-bond donors (Lipinski definition) is 1. The van der Waals surface area contributed by atoms with Crippen LogP contribution < -0.4 is 10.4 Å². The van der Waals surface area contributed by atoms with E-state index < -0.39 is 38.2 Å². The molecule has 0 aliphatic carbocycles. The Bertz CT molecular complexity index is 1230. The van der Waals surface area contributed by atoms with Crippen LogP contribution in [0.1, 0.15) is 40.2 Å². The largest absolute Gasteiger partial charge is 0.405 e. The van der Waals surface area contributed by atoms with E-state index in [9.17, 15) is 5.11 Å². The van der Waals surface area contributed by atoms with E-state index >= 15 is 0 Å². The first-order valence-corrected chi connectivity index (χ1v) is 15.4. The number of fused-ring (bicyclic) bond motifs is 1. The lowest BCUT2D eigenvalue weighted by Crippen LogP contribution is -2.67. The average molecular weight is 575 g/mol. The molecule has 2 aliphatic rings. The number of halogens is 2. The molecule has 0 unspecified atom stereocenters. The van der Waals surface area contributed by atoms with Crippen molar-refractivity contribution in [2.75, 3.05) is 6.61 Å². The zero-order valence-electron chi connectivity index (χ0n) is 22.2. The zero-order valence-corrected chi connectivity index (χ0v) is 24.7. The summed E-state index contributed by atoms with van der Waals surface area (Å²) < 4.78 is 25.9. The lowest BCUT2D eigenvalue weighted by Gasteiger charge is -2.43. The van der Waals surface area contributed by atoms with Crippen molar-refractivity contribution in [1.29, 1.82) is 0 Å². The molecule has 5 rings (SSSR count). The third kappa shape index (κ3) is 4.84. The first-order valence-electron chi connectivity index (χ1n) is 12.7. The van der Waals surface area contributed by atoms with Crippen LogP contribution in [0.3, 0.4) is 0 Å². The summed E-state index contributed by atoms with van der Waals surface area (Å²) in [6.07, 6.45) is -2.03. The van der Waals surface area contributed by atoms with Gasteiger partial charge in [-0.25, -0.2) is 4.98 Å². The van der Waals surface area contributed by atoms with Gasteiger partial charge in [0.1, 0.15) is 28.6 Å². The Hall–Kier alpha value is -1.81. The quantitative estimate of drug-likeness (QED) is 0.329. The Morgan fingerprint density at radius 2 is 1.42 bits per heavy atom. The van der Waals surface area contributed by atoms with Gasteiger partial charge in [-0.1, -0.05) is 105 Å². The van der Waals surface area contributed by atoms with Gasteiger partial charge in [-0.05, 0) is 41.4 Å². The summed E-state index contributed by atoms with van der Waals surface area (Å²) in [6.45, 7) is 10.5. The van der Waals surface area contributed by atoms with Crippen molar-refractivity contribution < 1.29 is 23.7 Å². The SMILES string of the molecule is CC1(C)O[C@H]2[C@@H](O1)[C@](O)(c1cc(Cl)nc(Cl)c1)O[C@@H]2CO[Si](c1ccccc1)(c1ccccc1)C(C)(C)C. The number of aromatic nitrogens is 1. The Kier molecular flexibility index (Phi) is 7.29. The van der Waals surface area contributed by atoms with E-state index in [4.69, 9.17) is 41.8 Å². The first-order chi connectivity index (χ1) is 17.9. The van der Waals surface area contributed by atoms with Crippen LogP contribution in [0.2, 0.25) is 15.3 Å². The van der Waals surface area contributed by atoms with E-state index in [1.54, 1.807) is 0 Å². The second-order valence-electron chi connectivity index (χ2n) is 11.3. The average Bonchev–Trinajstić information content (AvgIpc) is 3.31. The molecule has 2 saturated heterocycles. The van der Waals surface area contributed by atoms with Crippen molar-refractivity contribution in [2.45, 2.75) is 69.5 Å². The predicted molar refractivity (Wildman–Crippen MR) is 150 cm³/mol. The van der Waals surface area contributed by atoms with Gasteiger partial charge in [-0.3, -0.25) is 0 Å². The molecule has 2 aromatic carbocycles. The van der Waals surface area contributed by atoms with Gasteiger partial charge in [0.2, 0.25) is 5.79 Å². The maximum Gasteiger partial charge on any atom is 0.261 e. The second kappa shape index (κ2) is 9.98. The predicted octanol–water partition coefficient (Wildman–Crippen LogP) is 5.03. The third-order valence-corrected chi connectivity index (χ3v) is 12.7. The van der Waals surface area contributed by atoms with Crippen molar-refractivity contribution in [3.8, 4) is 0 Å². The molecule has 202 valence electrons. The summed E-state index contributed by atoms with van der Waals surface area (Å²) in [5, 5.41) is 14.3. The summed E-state index contributed by atoms with van der Waals surface area (Å²) in [4.78, 5) is 4.01. The van der Waals surface area contributed by atoms with Crippen molar-refractivity contribution in [1.82, 2.24) is 4.98 Å². The molecule has 9 heteroatoms. The Morgan fingerprint density at radius 3 is 1.92 bits per heavy atom. The van der Waals surface area contributed by atoms with Crippen LogP contribution >= 0.6 is 23.2 Å². The molecule has 38 heavy (non-hydrogen) atoms. The monoisotopic (exact) mass is 573 g/mol. The third-order valence-electron chi connectivity index (χ3n) is 7.27. The van der Waals surface area contributed by atoms with Crippen LogP contribution in [-0.4, -0.2) is 49.1 Å². The van der Waals surface area contributed by atoms with E-state index in [-0.39, 0.29) is 22.0 Å². The minimum atomic E-state index is -2.85. The summed E-state index contributed by atoms with van der Waals surface area (Å²) in [5.74, 6) is -2.78. The van der Waals surface area contributed by atoms with Gasteiger partial charge in [-0.15, -0.1) is 0 Å². The normalized spacial score (nSPS) is 26.9. The van der Waals surface area contributed by atoms with Crippen molar-refractivity contribution in [3.63, 3.8) is 0 Å². The van der Waals surface area contributed by atoms with Gasteiger partial charge < -0.3 is 23.7 Å². The van der Waals surface area contributed by atoms with E-state index in [1.807, 2.05) is 50.2 Å². The topological polar surface area (TPSA) is 70.0 Å². The molecule has 6 nitrogen and oxygen atoms in total. The van der Waals surface area contributed by atoms with Crippen LogP contribution in [0, 0.1) is 0 Å². The molecule has 2 aliphatic heterocycles. The van der Waals surface area contributed by atoms with Gasteiger partial charge in [0.05, 0.1) is 6.61 Å². The van der Waals surface area contributed by atoms with E-state index in [0.29, 0.717) is 5.56 Å². The zero-order chi connectivity index (χ0) is 27.3. The van der Waals surface area contributed by atoms with Crippen LogP contribution in [0.15, 0.2) is 72.8 Å². The van der Waals surface area contributed by atoms with Crippen molar-refractivity contribution >= 4 is 41.9 Å². The highest BCUT2D eigenvalue weighted by atomic mass is 35.5. The Balaban J connectivity index is 1.55. The van der Waals surface area contributed by atoms with Crippen LogP contribution in [0.4, 0.5) is 0 Å². The molecule has 4 atom stereocenters. The highest BCUT2D eigenvalue weighted by Crippen LogP contribution is 2.49. The number of benzene rings is 2. The molecule has 1 aromatic heterocycles. The fourth-order valence-electron chi connectivity index (χ4n) is 5.73. The minimum Gasteiger partial charge on any atom is -0.405 e. The molecular formula is C29H33Cl2NO5Si. The molecule has 0 amide bonds. The van der Waals surface area contributed by atoms with Gasteiger partial charge in [0.15, 0.2) is 5.79 Å². The minimum absolute atomic E-state index is 0.145. The fraction of sp³-hybridized carbons (Fsp3) is 0.414. The molecule has 0 spiro atoms. The summed E-state index contributed by atoms with van der Waals surface area (Å²) >= 11 is 12.4. The molecule has 2 fully saturated rings. The smallest absolute Gasteiger partial charge is 0.261 e. The number of nitrogens with zero attached hydrogens (tertiary/aromatic N) is 1. The molecular weight excluding hydrogens is 541 g/mol. The van der Waals surface area contributed by atoms with Crippen LogP contribution in [0.25, 0.3) is 0 Å². The molecule has 3 aromatic rings. The lowest BCUT2D eigenvalue weighted by atomic mass is 9.99. The van der Waals surface area contributed by atoms with Crippen molar-refractivity contribution in [2.24, 2.45) is 0 Å². The highest BCUT2D eigenvalue weighted by molar-refractivity contribution is 6.99. The summed E-state index contributed by atoms with van der Waals surface area (Å²) in [6, 6.07) is 23.8. The number of rotatable bonds is 6. The number of ether oxygens (including phenoxy) is 3. The van der Waals surface area contributed by atoms with Gasteiger partial charge in [-0.2, -0.15) is 0 Å². The Labute approximate surface area is 234 Å². The maximum absolute atomic E-state index is 11.9. The highest BCUT2D eigenvalue weighted by Gasteiger charge is 2.64. The van der Waals surface area contributed by atoms with E-state index in [0.717, 1.165) is 10.4 Å². The van der Waals surface area contributed by atoms with E-state index in [2.05, 4.69) is 50.0 Å². The summed E-state index contributed by atoms with van der Waals surface area (Å²) in [5.41, 5.74) is 0.353. The molecule has 0 radical (unpaired) electrons. The molecule has 0 saturated carbocycles. The van der Waals surface area contributed by atoms with Crippen LogP contribution in [-0.2, 0) is 24.4 Å². The van der Waals surface area contributed by atoms with Gasteiger partial charge >= 0.3 is 0 Å². The van der Waals surface area contributed by atoms with Crippen LogP contribution in [0.5, 0.6) is 0 Å². The first kappa shape index (κ1) is 27.7. The molecule has 3 heterocycles. The number of aliphatic hydroxyl groups is 1. The van der Waals surface area contributed by atoms with Crippen molar-refractivity contribution in [3.05, 3.63) is 88.7 Å². The standard InChI is InChI=1S/C29H33Cl2NO5Si/c1-27(2,3)38(20-12-8-6-9-13-20,21-14-10-7-11-15-21)34-18-22-25-26(37-28(4,5)36-25)29(33,35-22)19-16-23(30)32-24(31)17-19/h6-17,22,25-26,33H,18H2,1-5H3/t22-,25-,26-,29+/m1/s1.